The van der Waals surface area contributed by atoms with Gasteiger partial charge in [-0.1, -0.05) is 18.2 Å². The molecule has 4 nitrogen and oxygen atoms in total. The maximum Gasteiger partial charge on any atom is 0.416 e. The van der Waals surface area contributed by atoms with Gasteiger partial charge in [-0.25, -0.2) is 4.98 Å². The average molecular weight is 296 g/mol. The molecule has 112 valence electrons. The maximum absolute atomic E-state index is 12.7. The molecule has 21 heavy (non-hydrogen) atoms. The number of pyridine rings is 1. The van der Waals surface area contributed by atoms with Crippen LogP contribution in [-0.4, -0.2) is 4.98 Å². The van der Waals surface area contributed by atoms with Gasteiger partial charge in [0.05, 0.1) is 11.6 Å². The fourth-order valence-electron chi connectivity index (χ4n) is 2.05. The highest BCUT2D eigenvalue weighted by molar-refractivity contribution is 5.40. The molecule has 0 aliphatic rings. The summed E-state index contributed by atoms with van der Waals surface area (Å²) in [7, 11) is 0. The first-order valence-electron chi connectivity index (χ1n) is 6.24. The van der Waals surface area contributed by atoms with Crippen molar-refractivity contribution in [1.29, 1.82) is 0 Å². The van der Waals surface area contributed by atoms with Gasteiger partial charge >= 0.3 is 6.18 Å². The van der Waals surface area contributed by atoms with E-state index in [0.29, 0.717) is 17.8 Å². The predicted octanol–water partition coefficient (Wildman–Crippen LogP) is 2.43. The summed E-state index contributed by atoms with van der Waals surface area (Å²) in [5.41, 5.74) is 8.71. The zero-order valence-corrected chi connectivity index (χ0v) is 11.1. The second-order valence-corrected chi connectivity index (χ2v) is 4.59. The van der Waals surface area contributed by atoms with E-state index >= 15 is 0 Å². The van der Waals surface area contributed by atoms with Crippen molar-refractivity contribution in [2.24, 2.45) is 5.84 Å². The van der Waals surface area contributed by atoms with Crippen LogP contribution in [-0.2, 0) is 12.6 Å². The number of hydrazine groups is 1. The zero-order chi connectivity index (χ0) is 15.5. The second kappa shape index (κ2) is 6.11. The molecule has 1 aromatic carbocycles. The summed E-state index contributed by atoms with van der Waals surface area (Å²) < 4.78 is 38.2. The number of nitrogens with two attached hydrogens (primary N) is 2. The summed E-state index contributed by atoms with van der Waals surface area (Å²) >= 11 is 0. The molecule has 1 heterocycles. The Morgan fingerprint density at radius 3 is 2.57 bits per heavy atom. The minimum absolute atomic E-state index is 0.338. The Kier molecular flexibility index (Phi) is 4.44. The summed E-state index contributed by atoms with van der Waals surface area (Å²) in [5.74, 6) is 5.81. The molecule has 1 unspecified atom stereocenters. The fraction of sp³-hybridized carbons (Fsp3) is 0.214. The zero-order valence-electron chi connectivity index (χ0n) is 11.1. The Labute approximate surface area is 119 Å². The molecule has 7 heteroatoms. The summed E-state index contributed by atoms with van der Waals surface area (Å²) in [6.07, 6.45) is -2.49. The van der Waals surface area contributed by atoms with Gasteiger partial charge in [-0.3, -0.25) is 11.3 Å². The van der Waals surface area contributed by atoms with Crippen LogP contribution >= 0.6 is 0 Å². The molecule has 0 radical (unpaired) electrons. The highest BCUT2D eigenvalue weighted by atomic mass is 19.4. The Balaban J connectivity index is 2.28. The molecule has 0 saturated heterocycles. The first-order valence-corrected chi connectivity index (χ1v) is 6.24. The van der Waals surface area contributed by atoms with E-state index in [1.165, 1.54) is 6.07 Å². The quantitative estimate of drug-likeness (QED) is 0.598. The van der Waals surface area contributed by atoms with Gasteiger partial charge < -0.3 is 5.73 Å². The molecule has 0 aliphatic carbocycles. The van der Waals surface area contributed by atoms with Crippen LogP contribution in [0.2, 0.25) is 0 Å². The van der Waals surface area contributed by atoms with Gasteiger partial charge in [0.1, 0.15) is 5.82 Å². The lowest BCUT2D eigenvalue weighted by Crippen LogP contribution is -2.30. The van der Waals surface area contributed by atoms with Gasteiger partial charge in [0.15, 0.2) is 0 Å². The summed E-state index contributed by atoms with van der Waals surface area (Å²) in [6, 6.07) is 8.04. The van der Waals surface area contributed by atoms with Crippen LogP contribution in [0.25, 0.3) is 0 Å². The molecule has 0 bridgehead atoms. The number of rotatable bonds is 4. The van der Waals surface area contributed by atoms with Crippen molar-refractivity contribution in [2.45, 2.75) is 18.6 Å². The van der Waals surface area contributed by atoms with Crippen molar-refractivity contribution < 1.29 is 13.2 Å². The van der Waals surface area contributed by atoms with E-state index in [-0.39, 0.29) is 0 Å². The monoisotopic (exact) mass is 296 g/mol. The molecule has 0 spiro atoms. The normalized spacial score (nSPS) is 13.1. The SMILES string of the molecule is NNC(Cc1cccnc1N)c1cccc(C(F)(F)F)c1. The largest absolute Gasteiger partial charge is 0.416 e. The van der Waals surface area contributed by atoms with Gasteiger partial charge in [0.2, 0.25) is 0 Å². The number of nitrogens with one attached hydrogen (secondary N) is 1. The van der Waals surface area contributed by atoms with Crippen molar-refractivity contribution in [3.63, 3.8) is 0 Å². The van der Waals surface area contributed by atoms with E-state index in [1.54, 1.807) is 24.4 Å². The highest BCUT2D eigenvalue weighted by Gasteiger charge is 2.31. The Bertz CT molecular complexity index is 613. The van der Waals surface area contributed by atoms with Gasteiger partial charge in [-0.15, -0.1) is 0 Å². The van der Waals surface area contributed by atoms with E-state index in [2.05, 4.69) is 10.4 Å². The molecule has 0 amide bonds. The first kappa shape index (κ1) is 15.3. The van der Waals surface area contributed by atoms with Gasteiger partial charge in [0.25, 0.3) is 0 Å². The Hall–Kier alpha value is -2.12. The number of nitrogen functional groups attached to an aromatic ring is 1. The number of hydrogen-bond acceptors (Lipinski definition) is 4. The average Bonchev–Trinajstić information content (AvgIpc) is 2.46. The van der Waals surface area contributed by atoms with E-state index in [9.17, 15) is 13.2 Å². The number of nitrogens with zero attached hydrogens (tertiary/aromatic N) is 1. The molecule has 0 fully saturated rings. The number of alkyl halides is 3. The van der Waals surface area contributed by atoms with Crippen molar-refractivity contribution in [2.75, 3.05) is 5.73 Å². The molecule has 0 saturated carbocycles. The molecule has 2 aromatic rings. The lowest BCUT2D eigenvalue weighted by Gasteiger charge is -2.18. The summed E-state index contributed by atoms with van der Waals surface area (Å²) in [5, 5.41) is 0. The lowest BCUT2D eigenvalue weighted by atomic mass is 9.98. The van der Waals surface area contributed by atoms with Crippen molar-refractivity contribution >= 4 is 5.82 Å². The number of anilines is 1. The lowest BCUT2D eigenvalue weighted by molar-refractivity contribution is -0.137. The van der Waals surface area contributed by atoms with Crippen LogP contribution in [0.15, 0.2) is 42.6 Å². The van der Waals surface area contributed by atoms with Crippen LogP contribution in [0.3, 0.4) is 0 Å². The molecule has 1 atom stereocenters. The van der Waals surface area contributed by atoms with Crippen LogP contribution < -0.4 is 17.0 Å². The van der Waals surface area contributed by atoms with E-state index < -0.39 is 17.8 Å². The Morgan fingerprint density at radius 1 is 1.19 bits per heavy atom. The number of hydrogen-bond donors (Lipinski definition) is 3. The van der Waals surface area contributed by atoms with E-state index in [1.807, 2.05) is 0 Å². The molecule has 2 rings (SSSR count). The third kappa shape index (κ3) is 3.71. The topological polar surface area (TPSA) is 77.0 Å². The molecule has 5 N–H and O–H groups in total. The molecular formula is C14H15F3N4. The summed E-state index contributed by atoms with van der Waals surface area (Å²) in [4.78, 5) is 3.95. The summed E-state index contributed by atoms with van der Waals surface area (Å²) in [6.45, 7) is 0. The maximum atomic E-state index is 12.7. The first-order chi connectivity index (χ1) is 9.91. The molecular weight excluding hydrogens is 281 g/mol. The van der Waals surface area contributed by atoms with Crippen molar-refractivity contribution in [3.8, 4) is 0 Å². The number of halogens is 3. The van der Waals surface area contributed by atoms with Crippen molar-refractivity contribution in [3.05, 3.63) is 59.3 Å². The standard InChI is InChI=1S/C14H15F3N4/c15-14(16,17)11-5-1-3-9(7-11)12(21-19)8-10-4-2-6-20-13(10)18/h1-7,12,21H,8,19H2,(H2,18,20). The highest BCUT2D eigenvalue weighted by Crippen LogP contribution is 2.31. The van der Waals surface area contributed by atoms with E-state index in [0.717, 1.165) is 17.7 Å². The minimum atomic E-state index is -4.39. The van der Waals surface area contributed by atoms with Gasteiger partial charge in [0, 0.05) is 6.20 Å². The second-order valence-electron chi connectivity index (χ2n) is 4.59. The van der Waals surface area contributed by atoms with Gasteiger partial charge in [-0.05, 0) is 35.7 Å². The van der Waals surface area contributed by atoms with Crippen LogP contribution in [0.5, 0.6) is 0 Å². The smallest absolute Gasteiger partial charge is 0.383 e. The van der Waals surface area contributed by atoms with Crippen LogP contribution in [0.4, 0.5) is 19.0 Å². The number of aromatic nitrogens is 1. The fourth-order valence-corrected chi connectivity index (χ4v) is 2.05. The van der Waals surface area contributed by atoms with E-state index in [4.69, 9.17) is 11.6 Å². The molecule has 1 aromatic heterocycles. The number of benzene rings is 1. The Morgan fingerprint density at radius 2 is 1.95 bits per heavy atom. The molecule has 0 aliphatic heterocycles. The van der Waals surface area contributed by atoms with Crippen molar-refractivity contribution in [1.82, 2.24) is 10.4 Å². The minimum Gasteiger partial charge on any atom is -0.383 e. The van der Waals surface area contributed by atoms with Crippen LogP contribution in [0, 0.1) is 0 Å². The predicted molar refractivity (Wildman–Crippen MR) is 73.9 cm³/mol. The van der Waals surface area contributed by atoms with Crippen LogP contribution in [0.1, 0.15) is 22.7 Å². The third-order valence-corrected chi connectivity index (χ3v) is 3.17. The third-order valence-electron chi connectivity index (χ3n) is 3.17. The van der Waals surface area contributed by atoms with Gasteiger partial charge in [-0.2, -0.15) is 13.2 Å².